The summed E-state index contributed by atoms with van der Waals surface area (Å²) in [5.74, 6) is 10.1. The molecule has 0 aromatic heterocycles. The van der Waals surface area contributed by atoms with E-state index < -0.39 is 12.2 Å². The average molecular weight is 282 g/mol. The van der Waals surface area contributed by atoms with Gasteiger partial charge < -0.3 is 24.4 Å². The molecule has 0 radical (unpaired) electrons. The van der Waals surface area contributed by atoms with Gasteiger partial charge in [0.1, 0.15) is 0 Å². The molecule has 9 heteroatoms. The van der Waals surface area contributed by atoms with Crippen molar-refractivity contribution in [2.45, 2.75) is 12.2 Å². The van der Waals surface area contributed by atoms with Crippen LogP contribution in [0.2, 0.25) is 0 Å². The molecule has 0 spiro atoms. The Hall–Kier alpha value is -0.360. The van der Waals surface area contributed by atoms with Crippen LogP contribution in [-0.2, 0) is 14.2 Å². The first kappa shape index (κ1) is 18.6. The third kappa shape index (κ3) is 13.9. The molecule has 0 amide bonds. The lowest BCUT2D eigenvalue weighted by Crippen LogP contribution is -2.35. The number of nitrogens with one attached hydrogen (secondary N) is 2. The van der Waals surface area contributed by atoms with E-state index >= 15 is 0 Å². The smallest absolute Gasteiger partial charge is 0.0911 e. The monoisotopic (exact) mass is 282 g/mol. The number of aliphatic hydroxyl groups is 2. The van der Waals surface area contributed by atoms with E-state index in [1.165, 1.54) is 0 Å². The maximum Gasteiger partial charge on any atom is 0.0911 e. The molecule has 8 N–H and O–H groups in total. The van der Waals surface area contributed by atoms with Crippen molar-refractivity contribution >= 4 is 0 Å². The van der Waals surface area contributed by atoms with E-state index in [0.717, 1.165) is 0 Å². The maximum absolute atomic E-state index is 9.25. The van der Waals surface area contributed by atoms with Gasteiger partial charge in [0.25, 0.3) is 0 Å². The zero-order valence-electron chi connectivity index (χ0n) is 11.1. The second-order valence-corrected chi connectivity index (χ2v) is 3.89. The van der Waals surface area contributed by atoms with Crippen LogP contribution in [0.25, 0.3) is 0 Å². The van der Waals surface area contributed by atoms with Gasteiger partial charge in [0.05, 0.1) is 51.8 Å². The third-order valence-corrected chi connectivity index (χ3v) is 2.07. The molecule has 0 bridgehead atoms. The summed E-state index contributed by atoms with van der Waals surface area (Å²) in [5, 5.41) is 18.5. The maximum atomic E-state index is 9.25. The number of rotatable bonds is 14. The summed E-state index contributed by atoms with van der Waals surface area (Å²) in [5.41, 5.74) is 4.70. The number of ether oxygens (including phenoxy) is 3. The molecule has 0 aromatic rings. The Morgan fingerprint density at radius 3 is 1.47 bits per heavy atom. The molecule has 0 fully saturated rings. The molecule has 9 nitrogen and oxygen atoms in total. The molecule has 0 saturated heterocycles. The Morgan fingerprint density at radius 1 is 0.737 bits per heavy atom. The quantitative estimate of drug-likeness (QED) is 0.109. The van der Waals surface area contributed by atoms with Crippen molar-refractivity contribution in [3.05, 3.63) is 0 Å². The molecule has 19 heavy (non-hydrogen) atoms. The predicted octanol–water partition coefficient (Wildman–Crippen LogP) is -3.32. The number of hydrogen-bond acceptors (Lipinski definition) is 9. The number of aliphatic hydroxyl groups excluding tert-OH is 2. The van der Waals surface area contributed by atoms with Crippen molar-refractivity contribution in [3.63, 3.8) is 0 Å². The summed E-state index contributed by atoms with van der Waals surface area (Å²) in [6.45, 7) is 2.61. The van der Waals surface area contributed by atoms with E-state index in [9.17, 15) is 10.2 Å². The second-order valence-electron chi connectivity index (χ2n) is 3.89. The van der Waals surface area contributed by atoms with Crippen molar-refractivity contribution in [1.29, 1.82) is 0 Å². The van der Waals surface area contributed by atoms with E-state index in [1.807, 2.05) is 0 Å². The van der Waals surface area contributed by atoms with Crippen LogP contribution < -0.4 is 22.5 Å². The first-order chi connectivity index (χ1) is 9.20. The van der Waals surface area contributed by atoms with E-state index in [0.29, 0.717) is 26.4 Å². The zero-order chi connectivity index (χ0) is 14.3. The van der Waals surface area contributed by atoms with Crippen molar-refractivity contribution in [3.8, 4) is 0 Å². The number of nitrogens with two attached hydrogens (primary N) is 2. The zero-order valence-corrected chi connectivity index (χ0v) is 11.1. The first-order valence-electron chi connectivity index (χ1n) is 6.17. The van der Waals surface area contributed by atoms with Crippen LogP contribution >= 0.6 is 0 Å². The summed E-state index contributed by atoms with van der Waals surface area (Å²) in [6, 6.07) is 0. The van der Waals surface area contributed by atoms with Crippen molar-refractivity contribution in [2.75, 3.05) is 52.7 Å². The highest BCUT2D eigenvalue weighted by molar-refractivity contribution is 4.54. The fraction of sp³-hybridized carbons (Fsp3) is 1.00. The Kier molecular flexibility index (Phi) is 13.8. The largest absolute Gasteiger partial charge is 0.389 e. The van der Waals surface area contributed by atoms with Gasteiger partial charge in [-0.3, -0.25) is 22.5 Å². The van der Waals surface area contributed by atoms with Crippen LogP contribution in [0.15, 0.2) is 0 Å². The van der Waals surface area contributed by atoms with Gasteiger partial charge in [-0.1, -0.05) is 0 Å². The molecule has 0 aliphatic carbocycles. The lowest BCUT2D eigenvalue weighted by Gasteiger charge is -2.11. The van der Waals surface area contributed by atoms with E-state index in [1.54, 1.807) is 0 Å². The Bertz CT molecular complexity index is 171. The summed E-state index contributed by atoms with van der Waals surface area (Å²) in [6.07, 6.45) is -1.24. The highest BCUT2D eigenvalue weighted by atomic mass is 16.5. The van der Waals surface area contributed by atoms with Crippen molar-refractivity contribution < 1.29 is 24.4 Å². The predicted molar refractivity (Wildman–Crippen MR) is 68.9 cm³/mol. The summed E-state index contributed by atoms with van der Waals surface area (Å²) in [7, 11) is 0. The van der Waals surface area contributed by atoms with E-state index in [2.05, 4.69) is 10.9 Å². The SMILES string of the molecule is NNCC(O)COCCOCCOCC(O)CNN. The molecule has 2 unspecified atom stereocenters. The normalized spacial score (nSPS) is 14.5. The van der Waals surface area contributed by atoms with Gasteiger partial charge in [-0.15, -0.1) is 0 Å². The fourth-order valence-corrected chi connectivity index (χ4v) is 1.17. The van der Waals surface area contributed by atoms with Crippen LogP contribution in [0.3, 0.4) is 0 Å². The van der Waals surface area contributed by atoms with Crippen LogP contribution in [0.4, 0.5) is 0 Å². The second kappa shape index (κ2) is 14.1. The Labute approximate surface area is 113 Å². The minimum atomic E-state index is -0.619. The fourth-order valence-electron chi connectivity index (χ4n) is 1.17. The lowest BCUT2D eigenvalue weighted by atomic mass is 10.4. The van der Waals surface area contributed by atoms with Crippen LogP contribution in [0, 0.1) is 0 Å². The van der Waals surface area contributed by atoms with Crippen LogP contribution in [0.1, 0.15) is 0 Å². The molecule has 0 aliphatic rings. The number of hydrogen-bond donors (Lipinski definition) is 6. The molecule has 0 aromatic carbocycles. The molecule has 0 aliphatic heterocycles. The molecular formula is C10H26N4O5. The summed E-state index contributed by atoms with van der Waals surface area (Å²) < 4.78 is 15.5. The third-order valence-electron chi connectivity index (χ3n) is 2.07. The summed E-state index contributed by atoms with van der Waals surface area (Å²) in [4.78, 5) is 0. The highest BCUT2D eigenvalue weighted by Gasteiger charge is 2.03. The van der Waals surface area contributed by atoms with Crippen molar-refractivity contribution in [2.24, 2.45) is 11.7 Å². The van der Waals surface area contributed by atoms with E-state index in [4.69, 9.17) is 25.9 Å². The van der Waals surface area contributed by atoms with Gasteiger partial charge in [-0.25, -0.2) is 0 Å². The Balaban J connectivity index is 3.10. The molecule has 116 valence electrons. The van der Waals surface area contributed by atoms with Gasteiger partial charge >= 0.3 is 0 Å². The van der Waals surface area contributed by atoms with Gasteiger partial charge in [0, 0.05) is 13.1 Å². The molecular weight excluding hydrogens is 256 g/mol. The molecule has 0 heterocycles. The van der Waals surface area contributed by atoms with Crippen LogP contribution in [-0.4, -0.2) is 75.2 Å². The standard InChI is InChI=1S/C10H26N4O5/c11-13-5-9(15)7-18-3-1-17-2-4-19-8-10(16)6-14-12/h9-10,13-16H,1-8,11-12H2. The van der Waals surface area contributed by atoms with Crippen LogP contribution in [0.5, 0.6) is 0 Å². The molecule has 0 rings (SSSR count). The average Bonchev–Trinajstić information content (AvgIpc) is 2.37. The van der Waals surface area contributed by atoms with E-state index in [-0.39, 0.29) is 26.3 Å². The number of hydrazine groups is 2. The molecule has 2 atom stereocenters. The topological polar surface area (TPSA) is 144 Å². The molecule has 0 saturated carbocycles. The van der Waals surface area contributed by atoms with Crippen molar-refractivity contribution in [1.82, 2.24) is 10.9 Å². The van der Waals surface area contributed by atoms with Gasteiger partial charge in [-0.05, 0) is 0 Å². The van der Waals surface area contributed by atoms with Gasteiger partial charge in [-0.2, -0.15) is 0 Å². The van der Waals surface area contributed by atoms with Gasteiger partial charge in [0.15, 0.2) is 0 Å². The first-order valence-corrected chi connectivity index (χ1v) is 6.17. The Morgan fingerprint density at radius 2 is 1.11 bits per heavy atom. The lowest BCUT2D eigenvalue weighted by molar-refractivity contribution is -0.0208. The van der Waals surface area contributed by atoms with Gasteiger partial charge in [0.2, 0.25) is 0 Å². The summed E-state index contributed by atoms with van der Waals surface area (Å²) >= 11 is 0. The highest BCUT2D eigenvalue weighted by Crippen LogP contribution is 1.86. The minimum absolute atomic E-state index is 0.211. The minimum Gasteiger partial charge on any atom is -0.389 e.